The van der Waals surface area contributed by atoms with Gasteiger partial charge in [-0.1, -0.05) is 6.07 Å². The molecule has 0 radical (unpaired) electrons. The fraction of sp³-hybridized carbons (Fsp3) is 0.105. The van der Waals surface area contributed by atoms with Gasteiger partial charge in [-0.05, 0) is 60.3 Å². The van der Waals surface area contributed by atoms with Crippen molar-refractivity contribution in [1.29, 1.82) is 0 Å². The Morgan fingerprint density at radius 1 is 1.23 bits per heavy atom. The third-order valence-corrected chi connectivity index (χ3v) is 5.07. The molecule has 1 aliphatic rings. The van der Waals surface area contributed by atoms with E-state index in [1.165, 1.54) is 37.5 Å². The molecule has 0 saturated carbocycles. The highest BCUT2D eigenvalue weighted by molar-refractivity contribution is 7.89. The van der Waals surface area contributed by atoms with E-state index in [0.717, 1.165) is 0 Å². The van der Waals surface area contributed by atoms with Crippen LogP contribution in [0, 0.1) is 0 Å². The van der Waals surface area contributed by atoms with Gasteiger partial charge in [-0.15, -0.1) is 0 Å². The predicted octanol–water partition coefficient (Wildman–Crippen LogP) is 1.13. The lowest BCUT2D eigenvalue weighted by molar-refractivity contribution is -0.118. The van der Waals surface area contributed by atoms with E-state index in [0.29, 0.717) is 22.7 Å². The molecular weight excluding hydrogens is 446 g/mol. The molecule has 1 heterocycles. The Kier molecular flexibility index (Phi) is 6.53. The zero-order valence-electron chi connectivity index (χ0n) is 16.1. The van der Waals surface area contributed by atoms with Crippen molar-refractivity contribution in [3.8, 4) is 11.5 Å². The van der Waals surface area contributed by atoms with Crippen molar-refractivity contribution in [2.75, 3.05) is 19.0 Å². The van der Waals surface area contributed by atoms with Crippen molar-refractivity contribution in [2.24, 2.45) is 5.14 Å². The minimum absolute atomic E-state index is 0.0199. The molecule has 10 nitrogen and oxygen atoms in total. The maximum atomic E-state index is 12.1. The Balaban J connectivity index is 1.63. The molecule has 0 unspecified atom stereocenters. The quantitative estimate of drug-likeness (QED) is 0.409. The molecule has 1 saturated heterocycles. The topological polar surface area (TPSA) is 146 Å². The van der Waals surface area contributed by atoms with E-state index >= 15 is 0 Å². The molecule has 2 aromatic carbocycles. The molecule has 162 valence electrons. The van der Waals surface area contributed by atoms with E-state index in [2.05, 4.69) is 10.6 Å². The fourth-order valence-electron chi connectivity index (χ4n) is 2.53. The van der Waals surface area contributed by atoms with Gasteiger partial charge in [0.15, 0.2) is 23.9 Å². The van der Waals surface area contributed by atoms with E-state index in [-0.39, 0.29) is 22.4 Å². The summed E-state index contributed by atoms with van der Waals surface area (Å²) in [7, 11) is -2.38. The molecule has 31 heavy (non-hydrogen) atoms. The second-order valence-electron chi connectivity index (χ2n) is 6.17. The SMILES string of the molecule is COc1cc(/C=C2\OC(=S)NC2=O)ccc1OCC(=O)Nc1ccc(S(N)(=O)=O)cc1. The summed E-state index contributed by atoms with van der Waals surface area (Å²) in [6.45, 7) is -0.326. The summed E-state index contributed by atoms with van der Waals surface area (Å²) in [4.78, 5) is 23.7. The van der Waals surface area contributed by atoms with Crippen LogP contribution < -0.4 is 25.2 Å². The van der Waals surface area contributed by atoms with Gasteiger partial charge in [-0.25, -0.2) is 13.6 Å². The van der Waals surface area contributed by atoms with Crippen LogP contribution in [0.15, 0.2) is 53.1 Å². The maximum Gasteiger partial charge on any atom is 0.294 e. The Morgan fingerprint density at radius 3 is 2.52 bits per heavy atom. The third kappa shape index (κ3) is 5.78. The first kappa shape index (κ1) is 22.2. The van der Waals surface area contributed by atoms with Crippen LogP contribution in [0.2, 0.25) is 0 Å². The summed E-state index contributed by atoms with van der Waals surface area (Å²) in [5.41, 5.74) is 0.973. The van der Waals surface area contributed by atoms with Crippen molar-refractivity contribution in [1.82, 2.24) is 5.32 Å². The highest BCUT2D eigenvalue weighted by Crippen LogP contribution is 2.29. The number of ether oxygens (including phenoxy) is 3. The molecule has 0 bridgehead atoms. The van der Waals surface area contributed by atoms with Gasteiger partial charge in [0.2, 0.25) is 10.0 Å². The van der Waals surface area contributed by atoms with Crippen molar-refractivity contribution < 1.29 is 32.2 Å². The number of primary sulfonamides is 1. The van der Waals surface area contributed by atoms with Crippen LogP contribution in [0.25, 0.3) is 6.08 Å². The number of hydrogen-bond acceptors (Lipinski definition) is 8. The predicted molar refractivity (Wildman–Crippen MR) is 115 cm³/mol. The largest absolute Gasteiger partial charge is 0.493 e. The number of thiocarbonyl (C=S) groups is 1. The molecule has 2 amide bonds. The smallest absolute Gasteiger partial charge is 0.294 e. The van der Waals surface area contributed by atoms with Gasteiger partial charge in [-0.3, -0.25) is 14.9 Å². The molecule has 0 atom stereocenters. The van der Waals surface area contributed by atoms with Gasteiger partial charge in [-0.2, -0.15) is 0 Å². The third-order valence-electron chi connectivity index (χ3n) is 3.95. The lowest BCUT2D eigenvalue weighted by Crippen LogP contribution is -2.20. The maximum absolute atomic E-state index is 12.1. The van der Waals surface area contributed by atoms with E-state index in [1.807, 2.05) is 0 Å². The molecule has 1 fully saturated rings. The van der Waals surface area contributed by atoms with Crippen LogP contribution in [0.3, 0.4) is 0 Å². The summed E-state index contributed by atoms with van der Waals surface area (Å²) in [6.07, 6.45) is 1.48. The summed E-state index contributed by atoms with van der Waals surface area (Å²) in [5, 5.41) is 9.94. The molecular formula is C19H17N3O7S2. The molecule has 1 aliphatic heterocycles. The molecule has 3 rings (SSSR count). The summed E-state index contributed by atoms with van der Waals surface area (Å²) >= 11 is 4.78. The van der Waals surface area contributed by atoms with E-state index in [4.69, 9.17) is 31.6 Å². The Bertz CT molecular complexity index is 1180. The monoisotopic (exact) mass is 463 g/mol. The average Bonchev–Trinajstić information content (AvgIpc) is 3.03. The van der Waals surface area contributed by atoms with E-state index < -0.39 is 21.8 Å². The standard InChI is InChI=1S/C19H17N3O7S2/c1-27-15-8-11(9-16-18(24)22-19(30)29-16)2-7-14(15)28-10-17(23)21-12-3-5-13(6-4-12)31(20,25)26/h2-9H,10H2,1H3,(H,21,23)(H2,20,25,26)(H,22,24,30)/b16-9-. The number of nitrogens with two attached hydrogens (primary N) is 1. The van der Waals surface area contributed by atoms with Gasteiger partial charge in [0.05, 0.1) is 12.0 Å². The van der Waals surface area contributed by atoms with Crippen molar-refractivity contribution in [3.05, 3.63) is 53.8 Å². The molecule has 4 N–H and O–H groups in total. The molecule has 2 aromatic rings. The minimum atomic E-state index is -3.81. The van der Waals surface area contributed by atoms with Gasteiger partial charge in [0.1, 0.15) is 0 Å². The Labute approximate surface area is 183 Å². The van der Waals surface area contributed by atoms with E-state index in [1.54, 1.807) is 18.2 Å². The first-order valence-corrected chi connectivity index (χ1v) is 10.6. The number of carbonyl (C=O) groups excluding carboxylic acids is 2. The van der Waals surface area contributed by atoms with Gasteiger partial charge < -0.3 is 19.5 Å². The number of anilines is 1. The first-order valence-electron chi connectivity index (χ1n) is 8.64. The van der Waals surface area contributed by atoms with Crippen molar-refractivity contribution >= 4 is 51.0 Å². The van der Waals surface area contributed by atoms with Gasteiger partial charge in [0.25, 0.3) is 17.0 Å². The minimum Gasteiger partial charge on any atom is -0.493 e. The van der Waals surface area contributed by atoms with Crippen LogP contribution in [0.5, 0.6) is 11.5 Å². The van der Waals surface area contributed by atoms with Gasteiger partial charge >= 0.3 is 0 Å². The van der Waals surface area contributed by atoms with Gasteiger partial charge in [0, 0.05) is 5.69 Å². The number of nitrogens with one attached hydrogen (secondary N) is 2. The normalized spacial score (nSPS) is 14.7. The number of sulfonamides is 1. The van der Waals surface area contributed by atoms with Crippen LogP contribution in [0.4, 0.5) is 5.69 Å². The zero-order valence-corrected chi connectivity index (χ0v) is 17.7. The highest BCUT2D eigenvalue weighted by atomic mass is 32.2. The van der Waals surface area contributed by atoms with Crippen LogP contribution in [-0.2, 0) is 24.3 Å². The number of amides is 2. The number of methoxy groups -OCH3 is 1. The second kappa shape index (κ2) is 9.12. The Morgan fingerprint density at radius 2 is 1.94 bits per heavy atom. The van der Waals surface area contributed by atoms with Crippen molar-refractivity contribution in [3.63, 3.8) is 0 Å². The first-order chi connectivity index (χ1) is 14.7. The lowest BCUT2D eigenvalue weighted by atomic mass is 10.1. The van der Waals surface area contributed by atoms with E-state index in [9.17, 15) is 18.0 Å². The Hall–Kier alpha value is -3.48. The molecule has 12 heteroatoms. The average molecular weight is 463 g/mol. The summed E-state index contributed by atoms with van der Waals surface area (Å²) < 4.78 is 38.4. The summed E-state index contributed by atoms with van der Waals surface area (Å²) in [5.74, 6) is -0.231. The fourth-order valence-corrected chi connectivity index (χ4v) is 3.23. The molecule has 0 spiro atoms. The number of carbonyl (C=O) groups is 2. The highest BCUT2D eigenvalue weighted by Gasteiger charge is 2.23. The van der Waals surface area contributed by atoms with Crippen LogP contribution in [0.1, 0.15) is 5.56 Å². The number of benzene rings is 2. The zero-order chi connectivity index (χ0) is 22.6. The van der Waals surface area contributed by atoms with Crippen molar-refractivity contribution in [2.45, 2.75) is 4.90 Å². The number of rotatable bonds is 7. The lowest BCUT2D eigenvalue weighted by Gasteiger charge is -2.12. The van der Waals surface area contributed by atoms with Crippen LogP contribution in [-0.4, -0.2) is 39.1 Å². The second-order valence-corrected chi connectivity index (χ2v) is 8.10. The van der Waals surface area contributed by atoms with Crippen LogP contribution >= 0.6 is 12.2 Å². The molecule has 0 aromatic heterocycles. The number of hydrogen-bond donors (Lipinski definition) is 3. The molecule has 0 aliphatic carbocycles. The summed E-state index contributed by atoms with van der Waals surface area (Å²) in [6, 6.07) is 10.2.